The Hall–Kier alpha value is -3.47. The molecule has 1 atom stereocenters. The Morgan fingerprint density at radius 2 is 1.73 bits per heavy atom. The first-order valence-corrected chi connectivity index (χ1v) is 10.2. The van der Waals surface area contributed by atoms with Gasteiger partial charge in [-0.25, -0.2) is 0 Å². The molecule has 0 saturated heterocycles. The van der Waals surface area contributed by atoms with Crippen molar-refractivity contribution in [1.29, 1.82) is 0 Å². The second kappa shape index (κ2) is 8.91. The molecular formula is C25H26N2O3. The van der Waals surface area contributed by atoms with Crippen molar-refractivity contribution in [2.45, 2.75) is 19.9 Å². The Morgan fingerprint density at radius 3 is 2.47 bits per heavy atom. The summed E-state index contributed by atoms with van der Waals surface area (Å²) < 4.78 is 11.2. The van der Waals surface area contributed by atoms with E-state index < -0.39 is 6.04 Å². The maximum atomic E-state index is 13.5. The minimum absolute atomic E-state index is 0.0961. The topological polar surface area (TPSA) is 50.8 Å². The maximum Gasteiger partial charge on any atom is 0.251 e. The highest BCUT2D eigenvalue weighted by molar-refractivity contribution is 5.98. The highest BCUT2D eigenvalue weighted by Gasteiger charge is 2.27. The molecule has 1 aliphatic rings. The van der Waals surface area contributed by atoms with Crippen LogP contribution < -0.4 is 19.7 Å². The summed E-state index contributed by atoms with van der Waals surface area (Å²) in [5.41, 5.74) is 3.80. The highest BCUT2D eigenvalue weighted by Crippen LogP contribution is 2.34. The van der Waals surface area contributed by atoms with Crippen molar-refractivity contribution in [3.8, 4) is 11.5 Å². The van der Waals surface area contributed by atoms with E-state index in [-0.39, 0.29) is 5.91 Å². The SMILES string of the molecule is CCN(c1cccc(C)c1)[C@H](C(=O)Nc1ccc2c(c1)OCCO2)c1ccccc1. The van der Waals surface area contributed by atoms with Gasteiger partial charge in [0.1, 0.15) is 19.3 Å². The van der Waals surface area contributed by atoms with Crippen LogP contribution in [0.25, 0.3) is 0 Å². The Kier molecular flexibility index (Phi) is 5.89. The first kappa shape index (κ1) is 19.8. The van der Waals surface area contributed by atoms with Crippen molar-refractivity contribution in [2.24, 2.45) is 0 Å². The zero-order valence-electron chi connectivity index (χ0n) is 17.3. The minimum Gasteiger partial charge on any atom is -0.486 e. The number of aryl methyl sites for hydroxylation is 1. The van der Waals surface area contributed by atoms with Crippen LogP contribution in [0.3, 0.4) is 0 Å². The lowest BCUT2D eigenvalue weighted by molar-refractivity contribution is -0.117. The van der Waals surface area contributed by atoms with Crippen LogP contribution in [0, 0.1) is 6.92 Å². The number of hydrogen-bond acceptors (Lipinski definition) is 4. The standard InChI is InChI=1S/C25H26N2O3/c1-3-27(21-11-7-8-18(2)16-21)24(19-9-5-4-6-10-19)25(28)26-20-12-13-22-23(17-20)30-15-14-29-22/h4-13,16-17,24H,3,14-15H2,1-2H3,(H,26,28)/t24-/m0/s1. The second-order valence-electron chi connectivity index (χ2n) is 7.29. The second-order valence-corrected chi connectivity index (χ2v) is 7.29. The van der Waals surface area contributed by atoms with Gasteiger partial charge in [-0.3, -0.25) is 4.79 Å². The smallest absolute Gasteiger partial charge is 0.251 e. The number of likely N-dealkylation sites (N-methyl/N-ethyl adjacent to an activating group) is 1. The van der Waals surface area contributed by atoms with Gasteiger partial charge < -0.3 is 19.7 Å². The monoisotopic (exact) mass is 402 g/mol. The third-order valence-electron chi connectivity index (χ3n) is 5.16. The lowest BCUT2D eigenvalue weighted by Crippen LogP contribution is -2.37. The van der Waals surface area contributed by atoms with Gasteiger partial charge in [-0.15, -0.1) is 0 Å². The predicted molar refractivity (Wildman–Crippen MR) is 119 cm³/mol. The molecule has 5 heteroatoms. The summed E-state index contributed by atoms with van der Waals surface area (Å²) in [6.07, 6.45) is 0. The summed E-state index contributed by atoms with van der Waals surface area (Å²) >= 11 is 0. The van der Waals surface area contributed by atoms with Crippen LogP contribution in [-0.2, 0) is 4.79 Å². The van der Waals surface area contributed by atoms with Gasteiger partial charge in [-0.2, -0.15) is 0 Å². The molecule has 0 unspecified atom stereocenters. The van der Waals surface area contributed by atoms with Crippen molar-refractivity contribution < 1.29 is 14.3 Å². The van der Waals surface area contributed by atoms with E-state index in [1.807, 2.05) is 60.7 Å². The highest BCUT2D eigenvalue weighted by atomic mass is 16.6. The molecule has 30 heavy (non-hydrogen) atoms. The maximum absolute atomic E-state index is 13.5. The molecule has 5 nitrogen and oxygen atoms in total. The van der Waals surface area contributed by atoms with Gasteiger partial charge in [0.2, 0.25) is 0 Å². The molecule has 0 fully saturated rings. The van der Waals surface area contributed by atoms with Gasteiger partial charge >= 0.3 is 0 Å². The average Bonchev–Trinajstić information content (AvgIpc) is 2.77. The number of carbonyl (C=O) groups is 1. The number of carbonyl (C=O) groups excluding carboxylic acids is 1. The molecule has 0 aromatic heterocycles. The number of anilines is 2. The number of nitrogens with one attached hydrogen (secondary N) is 1. The molecule has 4 rings (SSSR count). The number of ether oxygens (including phenoxy) is 2. The Morgan fingerprint density at radius 1 is 0.967 bits per heavy atom. The van der Waals surface area contributed by atoms with E-state index in [1.54, 1.807) is 0 Å². The average molecular weight is 402 g/mol. The lowest BCUT2D eigenvalue weighted by Gasteiger charge is -2.32. The summed E-state index contributed by atoms with van der Waals surface area (Å²) in [5.74, 6) is 1.26. The number of fused-ring (bicyclic) bond motifs is 1. The third kappa shape index (κ3) is 4.25. The molecule has 1 amide bonds. The van der Waals surface area contributed by atoms with Crippen molar-refractivity contribution in [3.63, 3.8) is 0 Å². The molecule has 1 N–H and O–H groups in total. The molecule has 0 radical (unpaired) electrons. The van der Waals surface area contributed by atoms with E-state index >= 15 is 0 Å². The van der Waals surface area contributed by atoms with E-state index in [9.17, 15) is 4.79 Å². The van der Waals surface area contributed by atoms with Crippen LogP contribution in [0.2, 0.25) is 0 Å². The number of nitrogens with zero attached hydrogens (tertiary/aromatic N) is 1. The molecule has 0 aliphatic carbocycles. The number of amides is 1. The van der Waals surface area contributed by atoms with E-state index in [2.05, 4.69) is 36.2 Å². The molecule has 3 aromatic carbocycles. The molecule has 0 spiro atoms. The molecular weight excluding hydrogens is 376 g/mol. The number of rotatable bonds is 6. The van der Waals surface area contributed by atoms with Crippen LogP contribution in [-0.4, -0.2) is 25.7 Å². The van der Waals surface area contributed by atoms with E-state index in [0.717, 1.165) is 16.8 Å². The Bertz CT molecular complexity index is 1020. The number of hydrogen-bond donors (Lipinski definition) is 1. The van der Waals surface area contributed by atoms with Gasteiger partial charge in [0, 0.05) is 24.0 Å². The van der Waals surface area contributed by atoms with Crippen LogP contribution in [0.1, 0.15) is 24.1 Å². The summed E-state index contributed by atoms with van der Waals surface area (Å²) in [6.45, 7) is 5.86. The van der Waals surface area contributed by atoms with Gasteiger partial charge in [0.05, 0.1) is 0 Å². The summed E-state index contributed by atoms with van der Waals surface area (Å²) in [7, 11) is 0. The van der Waals surface area contributed by atoms with Crippen molar-refractivity contribution >= 4 is 17.3 Å². The number of benzene rings is 3. The van der Waals surface area contributed by atoms with Gasteiger partial charge in [-0.05, 0) is 49.2 Å². The zero-order valence-corrected chi connectivity index (χ0v) is 17.3. The zero-order chi connectivity index (χ0) is 20.9. The van der Waals surface area contributed by atoms with Gasteiger partial charge in [0.15, 0.2) is 11.5 Å². The predicted octanol–water partition coefficient (Wildman–Crippen LogP) is 4.97. The first-order chi connectivity index (χ1) is 14.7. The fraction of sp³-hybridized carbons (Fsp3) is 0.240. The Balaban J connectivity index is 1.66. The molecule has 154 valence electrons. The summed E-state index contributed by atoms with van der Waals surface area (Å²) in [4.78, 5) is 15.6. The Labute approximate surface area is 177 Å². The van der Waals surface area contributed by atoms with Crippen LogP contribution in [0.4, 0.5) is 11.4 Å². The minimum atomic E-state index is -0.466. The first-order valence-electron chi connectivity index (χ1n) is 10.2. The largest absolute Gasteiger partial charge is 0.486 e. The lowest BCUT2D eigenvalue weighted by atomic mass is 10.0. The quantitative estimate of drug-likeness (QED) is 0.632. The molecule has 0 saturated carbocycles. The molecule has 3 aromatic rings. The summed E-state index contributed by atoms with van der Waals surface area (Å²) in [5, 5.41) is 3.07. The fourth-order valence-corrected chi connectivity index (χ4v) is 3.76. The van der Waals surface area contributed by atoms with Crippen molar-refractivity contribution in [2.75, 3.05) is 30.0 Å². The van der Waals surface area contributed by atoms with Gasteiger partial charge in [-0.1, -0.05) is 42.5 Å². The van der Waals surface area contributed by atoms with Crippen molar-refractivity contribution in [3.05, 3.63) is 83.9 Å². The third-order valence-corrected chi connectivity index (χ3v) is 5.16. The summed E-state index contributed by atoms with van der Waals surface area (Å²) in [6, 6.07) is 23.1. The van der Waals surface area contributed by atoms with Crippen molar-refractivity contribution in [1.82, 2.24) is 0 Å². The molecule has 1 heterocycles. The molecule has 0 bridgehead atoms. The van der Waals surface area contributed by atoms with E-state index in [0.29, 0.717) is 36.9 Å². The van der Waals surface area contributed by atoms with Gasteiger partial charge in [0.25, 0.3) is 5.91 Å². The van der Waals surface area contributed by atoms with Crippen LogP contribution in [0.15, 0.2) is 72.8 Å². The van der Waals surface area contributed by atoms with Crippen LogP contribution in [0.5, 0.6) is 11.5 Å². The molecule has 1 aliphatic heterocycles. The van der Waals surface area contributed by atoms with E-state index in [4.69, 9.17) is 9.47 Å². The fourth-order valence-electron chi connectivity index (χ4n) is 3.76. The van der Waals surface area contributed by atoms with Crippen LogP contribution >= 0.6 is 0 Å². The van der Waals surface area contributed by atoms with E-state index in [1.165, 1.54) is 0 Å². The normalized spacial score (nSPS) is 13.4.